The standard InChI is InChI=1S/C6H11NO.2C2H6/c7-5-6-3-1-2-4-8-6;2*1-2/h3H,1-2,4-5,7H2;2*1-2H3. The van der Waals surface area contributed by atoms with Crippen LogP contribution in [-0.4, -0.2) is 13.2 Å². The Morgan fingerprint density at radius 3 is 2.17 bits per heavy atom. The van der Waals surface area contributed by atoms with Gasteiger partial charge in [0.05, 0.1) is 13.2 Å². The Bertz CT molecular complexity index is 100. The molecule has 0 aromatic rings. The SMILES string of the molecule is CC.CC.NCC1=CCCCO1. The van der Waals surface area contributed by atoms with Gasteiger partial charge in [-0.2, -0.15) is 0 Å². The zero-order valence-corrected chi connectivity index (χ0v) is 8.89. The van der Waals surface area contributed by atoms with Crippen molar-refractivity contribution >= 4 is 0 Å². The summed E-state index contributed by atoms with van der Waals surface area (Å²) >= 11 is 0. The smallest absolute Gasteiger partial charge is 0.106 e. The molecular formula is C10H23NO. The summed E-state index contributed by atoms with van der Waals surface area (Å²) in [6.07, 6.45) is 4.33. The first-order valence-corrected chi connectivity index (χ1v) is 4.95. The van der Waals surface area contributed by atoms with Crippen molar-refractivity contribution in [2.45, 2.75) is 40.5 Å². The molecular weight excluding hydrogens is 150 g/mol. The molecule has 2 N–H and O–H groups in total. The number of allylic oxidation sites excluding steroid dienone is 1. The minimum Gasteiger partial charge on any atom is -0.497 e. The molecule has 1 rings (SSSR count). The number of rotatable bonds is 1. The van der Waals surface area contributed by atoms with Crippen LogP contribution in [0.25, 0.3) is 0 Å². The van der Waals surface area contributed by atoms with E-state index < -0.39 is 0 Å². The first kappa shape index (κ1) is 14.0. The van der Waals surface area contributed by atoms with Gasteiger partial charge in [0.1, 0.15) is 5.76 Å². The fraction of sp³-hybridized carbons (Fsp3) is 0.800. The van der Waals surface area contributed by atoms with Crippen molar-refractivity contribution in [2.24, 2.45) is 5.73 Å². The van der Waals surface area contributed by atoms with Crippen LogP contribution < -0.4 is 5.73 Å². The van der Waals surface area contributed by atoms with Crippen LogP contribution in [0.2, 0.25) is 0 Å². The quantitative estimate of drug-likeness (QED) is 0.661. The predicted octanol–water partition coefficient (Wildman–Crippen LogP) is 2.69. The third-order valence-electron chi connectivity index (χ3n) is 1.21. The molecule has 74 valence electrons. The zero-order chi connectivity index (χ0) is 9.82. The lowest BCUT2D eigenvalue weighted by atomic mass is 10.2. The number of ether oxygens (including phenoxy) is 1. The Morgan fingerprint density at radius 1 is 1.33 bits per heavy atom. The Morgan fingerprint density at radius 2 is 1.92 bits per heavy atom. The maximum absolute atomic E-state index is 5.31. The molecule has 2 nitrogen and oxygen atoms in total. The summed E-state index contributed by atoms with van der Waals surface area (Å²) in [5.41, 5.74) is 5.31. The van der Waals surface area contributed by atoms with Crippen LogP contribution in [0.1, 0.15) is 40.5 Å². The molecule has 1 aliphatic rings. The topological polar surface area (TPSA) is 35.2 Å². The lowest BCUT2D eigenvalue weighted by Crippen LogP contribution is -2.10. The summed E-state index contributed by atoms with van der Waals surface area (Å²) in [6.45, 7) is 9.41. The largest absolute Gasteiger partial charge is 0.497 e. The van der Waals surface area contributed by atoms with Gasteiger partial charge in [0, 0.05) is 0 Å². The monoisotopic (exact) mass is 173 g/mol. The van der Waals surface area contributed by atoms with E-state index in [1.807, 2.05) is 27.7 Å². The summed E-state index contributed by atoms with van der Waals surface area (Å²) in [7, 11) is 0. The summed E-state index contributed by atoms with van der Waals surface area (Å²) in [4.78, 5) is 0. The average Bonchev–Trinajstić information content (AvgIpc) is 2.25. The van der Waals surface area contributed by atoms with Crippen LogP contribution >= 0.6 is 0 Å². The molecule has 0 unspecified atom stereocenters. The summed E-state index contributed by atoms with van der Waals surface area (Å²) < 4.78 is 5.16. The highest BCUT2D eigenvalue weighted by Gasteiger charge is 1.99. The molecule has 0 aromatic heterocycles. The molecule has 1 heterocycles. The Hall–Kier alpha value is -0.500. The Kier molecular flexibility index (Phi) is 15.4. The first-order valence-electron chi connectivity index (χ1n) is 4.95. The highest BCUT2D eigenvalue weighted by molar-refractivity contribution is 4.96. The fourth-order valence-corrected chi connectivity index (χ4v) is 0.751. The van der Waals surface area contributed by atoms with Crippen LogP contribution in [0.5, 0.6) is 0 Å². The van der Waals surface area contributed by atoms with Crippen LogP contribution in [0.4, 0.5) is 0 Å². The minimum atomic E-state index is 0.556. The first-order chi connectivity index (χ1) is 5.93. The molecule has 0 saturated carbocycles. The lowest BCUT2D eigenvalue weighted by Gasteiger charge is -2.11. The van der Waals surface area contributed by atoms with Gasteiger partial charge in [-0.1, -0.05) is 27.7 Å². The predicted molar refractivity (Wildman–Crippen MR) is 55.0 cm³/mol. The third-order valence-corrected chi connectivity index (χ3v) is 1.21. The van der Waals surface area contributed by atoms with Crippen LogP contribution in [0, 0.1) is 0 Å². The second kappa shape index (κ2) is 13.1. The van der Waals surface area contributed by atoms with Gasteiger partial charge in [-0.3, -0.25) is 0 Å². The molecule has 0 bridgehead atoms. The summed E-state index contributed by atoms with van der Waals surface area (Å²) in [6, 6.07) is 0. The van der Waals surface area contributed by atoms with Gasteiger partial charge in [0.15, 0.2) is 0 Å². The lowest BCUT2D eigenvalue weighted by molar-refractivity contribution is 0.191. The van der Waals surface area contributed by atoms with Gasteiger partial charge in [0.2, 0.25) is 0 Å². The molecule has 0 saturated heterocycles. The third kappa shape index (κ3) is 7.61. The van der Waals surface area contributed by atoms with Crippen molar-refractivity contribution in [3.05, 3.63) is 11.8 Å². The van der Waals surface area contributed by atoms with E-state index in [1.54, 1.807) is 0 Å². The maximum atomic E-state index is 5.31. The van der Waals surface area contributed by atoms with Crippen LogP contribution in [-0.2, 0) is 4.74 Å². The van der Waals surface area contributed by atoms with E-state index in [0.717, 1.165) is 25.2 Å². The van der Waals surface area contributed by atoms with E-state index >= 15 is 0 Å². The molecule has 0 fully saturated rings. The molecule has 0 atom stereocenters. The molecule has 1 aliphatic heterocycles. The van der Waals surface area contributed by atoms with Crippen molar-refractivity contribution in [3.8, 4) is 0 Å². The maximum Gasteiger partial charge on any atom is 0.106 e. The van der Waals surface area contributed by atoms with Crippen molar-refractivity contribution in [1.82, 2.24) is 0 Å². The molecule has 0 aliphatic carbocycles. The van der Waals surface area contributed by atoms with Gasteiger partial charge in [0.25, 0.3) is 0 Å². The summed E-state index contributed by atoms with van der Waals surface area (Å²) in [5.74, 6) is 0.955. The van der Waals surface area contributed by atoms with Gasteiger partial charge < -0.3 is 10.5 Å². The zero-order valence-electron chi connectivity index (χ0n) is 8.89. The Labute approximate surface area is 76.8 Å². The van der Waals surface area contributed by atoms with Gasteiger partial charge in [-0.15, -0.1) is 0 Å². The van der Waals surface area contributed by atoms with Crippen molar-refractivity contribution < 1.29 is 4.74 Å². The van der Waals surface area contributed by atoms with Gasteiger partial charge >= 0.3 is 0 Å². The highest BCUT2D eigenvalue weighted by atomic mass is 16.5. The number of hydrogen-bond donors (Lipinski definition) is 1. The fourth-order valence-electron chi connectivity index (χ4n) is 0.751. The molecule has 2 heteroatoms. The van der Waals surface area contributed by atoms with E-state index in [-0.39, 0.29) is 0 Å². The van der Waals surface area contributed by atoms with Crippen LogP contribution in [0.3, 0.4) is 0 Å². The van der Waals surface area contributed by atoms with Gasteiger partial charge in [-0.05, 0) is 18.9 Å². The Balaban J connectivity index is 0. The highest BCUT2D eigenvalue weighted by Crippen LogP contribution is 2.06. The summed E-state index contributed by atoms with van der Waals surface area (Å²) in [5, 5.41) is 0. The molecule has 0 aromatic carbocycles. The molecule has 12 heavy (non-hydrogen) atoms. The van der Waals surface area contributed by atoms with Gasteiger partial charge in [-0.25, -0.2) is 0 Å². The number of hydrogen-bond acceptors (Lipinski definition) is 2. The molecule has 0 radical (unpaired) electrons. The van der Waals surface area contributed by atoms with E-state index in [9.17, 15) is 0 Å². The van der Waals surface area contributed by atoms with E-state index in [0.29, 0.717) is 6.54 Å². The number of nitrogens with two attached hydrogens (primary N) is 1. The van der Waals surface area contributed by atoms with Crippen molar-refractivity contribution in [2.75, 3.05) is 13.2 Å². The molecule has 0 spiro atoms. The van der Waals surface area contributed by atoms with Crippen molar-refractivity contribution in [1.29, 1.82) is 0 Å². The van der Waals surface area contributed by atoms with E-state index in [4.69, 9.17) is 10.5 Å². The second-order valence-corrected chi connectivity index (χ2v) is 1.87. The second-order valence-electron chi connectivity index (χ2n) is 1.87. The van der Waals surface area contributed by atoms with Crippen molar-refractivity contribution in [3.63, 3.8) is 0 Å². The minimum absolute atomic E-state index is 0.556. The van der Waals surface area contributed by atoms with E-state index in [1.165, 1.54) is 0 Å². The molecule has 0 amide bonds. The van der Waals surface area contributed by atoms with E-state index in [2.05, 4.69) is 6.08 Å². The van der Waals surface area contributed by atoms with Crippen LogP contribution in [0.15, 0.2) is 11.8 Å². The average molecular weight is 173 g/mol. The normalized spacial score (nSPS) is 13.9.